The summed E-state index contributed by atoms with van der Waals surface area (Å²) in [5, 5.41) is 7.91. The van der Waals surface area contributed by atoms with E-state index in [1.54, 1.807) is 0 Å². The number of amides is 1. The normalized spacial score (nSPS) is 18.5. The zero-order chi connectivity index (χ0) is 15.6. The molecule has 21 heavy (non-hydrogen) atoms. The zero-order valence-electron chi connectivity index (χ0n) is 13.9. The predicted octanol–water partition coefficient (Wildman–Crippen LogP) is 2.04. The fraction of sp³-hybridized carbons (Fsp3) is 0.750. The minimum absolute atomic E-state index is 0.236. The Morgan fingerprint density at radius 2 is 2.19 bits per heavy atom. The molecule has 118 valence electrons. The van der Waals surface area contributed by atoms with Gasteiger partial charge in [0.1, 0.15) is 0 Å². The summed E-state index contributed by atoms with van der Waals surface area (Å²) in [4.78, 5) is 14.2. The van der Waals surface area contributed by atoms with E-state index in [0.29, 0.717) is 24.9 Å². The number of hydrogen-bond acceptors (Lipinski definition) is 3. The second-order valence-corrected chi connectivity index (χ2v) is 6.50. The van der Waals surface area contributed by atoms with Gasteiger partial charge in [0, 0.05) is 37.3 Å². The van der Waals surface area contributed by atoms with Gasteiger partial charge in [-0.25, -0.2) is 0 Å². The molecule has 0 aromatic carbocycles. The van der Waals surface area contributed by atoms with Crippen molar-refractivity contribution in [1.82, 2.24) is 20.0 Å². The maximum atomic E-state index is 12.3. The Kier molecular flexibility index (Phi) is 5.04. The highest BCUT2D eigenvalue weighted by Gasteiger charge is 2.22. The Balaban J connectivity index is 2.01. The SMILES string of the molecule is Cc1nn(C(C)C)c(C)c1CN(C)C(=O)C[C@@H]1CCNC1. The van der Waals surface area contributed by atoms with Gasteiger partial charge in [-0.2, -0.15) is 5.10 Å². The van der Waals surface area contributed by atoms with Crippen LogP contribution in [-0.2, 0) is 11.3 Å². The summed E-state index contributed by atoms with van der Waals surface area (Å²) in [6.45, 7) is 11.1. The maximum absolute atomic E-state index is 12.3. The molecule has 1 amide bonds. The average molecular weight is 292 g/mol. The highest BCUT2D eigenvalue weighted by Crippen LogP contribution is 2.20. The van der Waals surface area contributed by atoms with Gasteiger partial charge >= 0.3 is 0 Å². The molecule has 0 aliphatic carbocycles. The summed E-state index contributed by atoms with van der Waals surface area (Å²) < 4.78 is 2.05. The summed E-state index contributed by atoms with van der Waals surface area (Å²) in [5.74, 6) is 0.736. The van der Waals surface area contributed by atoms with E-state index in [1.165, 1.54) is 11.3 Å². The third-order valence-corrected chi connectivity index (χ3v) is 4.41. The van der Waals surface area contributed by atoms with E-state index in [-0.39, 0.29) is 5.91 Å². The van der Waals surface area contributed by atoms with Crippen molar-refractivity contribution in [3.05, 3.63) is 17.0 Å². The molecule has 2 rings (SSSR count). The van der Waals surface area contributed by atoms with Crippen LogP contribution < -0.4 is 5.32 Å². The lowest BCUT2D eigenvalue weighted by atomic mass is 10.0. The Morgan fingerprint density at radius 3 is 2.71 bits per heavy atom. The minimum atomic E-state index is 0.236. The van der Waals surface area contributed by atoms with Crippen molar-refractivity contribution in [2.24, 2.45) is 5.92 Å². The van der Waals surface area contributed by atoms with Crippen molar-refractivity contribution < 1.29 is 4.79 Å². The van der Waals surface area contributed by atoms with Gasteiger partial charge in [0.05, 0.1) is 5.69 Å². The van der Waals surface area contributed by atoms with Crippen LogP contribution in [0.4, 0.5) is 0 Å². The van der Waals surface area contributed by atoms with Gasteiger partial charge in [-0.15, -0.1) is 0 Å². The molecule has 0 bridgehead atoms. The van der Waals surface area contributed by atoms with Crippen molar-refractivity contribution in [2.45, 2.75) is 53.1 Å². The number of nitrogens with one attached hydrogen (secondary N) is 1. The Bertz CT molecular complexity index is 501. The van der Waals surface area contributed by atoms with Crippen LogP contribution in [0.5, 0.6) is 0 Å². The number of nitrogens with zero attached hydrogens (tertiary/aromatic N) is 3. The summed E-state index contributed by atoms with van der Waals surface area (Å²) in [7, 11) is 1.90. The fourth-order valence-corrected chi connectivity index (χ4v) is 3.05. The van der Waals surface area contributed by atoms with E-state index in [9.17, 15) is 4.79 Å². The summed E-state index contributed by atoms with van der Waals surface area (Å²) in [5.41, 5.74) is 3.39. The van der Waals surface area contributed by atoms with Gasteiger partial charge in [-0.3, -0.25) is 9.48 Å². The molecule has 1 aromatic rings. The average Bonchev–Trinajstić information content (AvgIpc) is 3.01. The highest BCUT2D eigenvalue weighted by molar-refractivity contribution is 5.76. The van der Waals surface area contributed by atoms with Gasteiger partial charge in [0.25, 0.3) is 0 Å². The van der Waals surface area contributed by atoms with E-state index >= 15 is 0 Å². The summed E-state index contributed by atoms with van der Waals surface area (Å²) >= 11 is 0. The second kappa shape index (κ2) is 6.60. The first-order valence-corrected chi connectivity index (χ1v) is 7.89. The standard InChI is InChI=1S/C16H28N4O/c1-11(2)20-13(4)15(12(3)18-20)10-19(5)16(21)8-14-6-7-17-9-14/h11,14,17H,6-10H2,1-5H3/t14-/m0/s1. The molecule has 5 heteroatoms. The van der Waals surface area contributed by atoms with Crippen molar-refractivity contribution in [3.63, 3.8) is 0 Å². The Labute approximate surface area is 127 Å². The number of aromatic nitrogens is 2. The van der Waals surface area contributed by atoms with Crippen LogP contribution in [0.1, 0.15) is 49.7 Å². The molecule has 1 saturated heterocycles. The van der Waals surface area contributed by atoms with Gasteiger partial charge in [-0.1, -0.05) is 0 Å². The molecule has 5 nitrogen and oxygen atoms in total. The topological polar surface area (TPSA) is 50.2 Å². The van der Waals surface area contributed by atoms with E-state index in [0.717, 1.165) is 25.2 Å². The first-order chi connectivity index (χ1) is 9.90. The third kappa shape index (κ3) is 3.64. The number of aryl methyl sites for hydroxylation is 1. The number of carbonyl (C=O) groups is 1. The lowest BCUT2D eigenvalue weighted by Crippen LogP contribution is -2.29. The lowest BCUT2D eigenvalue weighted by Gasteiger charge is -2.19. The first kappa shape index (κ1) is 16.0. The molecule has 1 aliphatic rings. The van der Waals surface area contributed by atoms with Gasteiger partial charge < -0.3 is 10.2 Å². The molecule has 2 heterocycles. The highest BCUT2D eigenvalue weighted by atomic mass is 16.2. The maximum Gasteiger partial charge on any atom is 0.222 e. The molecule has 1 aliphatic heterocycles. The van der Waals surface area contributed by atoms with Crippen molar-refractivity contribution in [1.29, 1.82) is 0 Å². The molecule has 1 fully saturated rings. The van der Waals surface area contributed by atoms with E-state index < -0.39 is 0 Å². The molecule has 1 atom stereocenters. The van der Waals surface area contributed by atoms with Crippen LogP contribution in [0.2, 0.25) is 0 Å². The molecule has 1 N–H and O–H groups in total. The van der Waals surface area contributed by atoms with Crippen molar-refractivity contribution in [3.8, 4) is 0 Å². The zero-order valence-corrected chi connectivity index (χ0v) is 13.9. The van der Waals surface area contributed by atoms with Crippen molar-refractivity contribution in [2.75, 3.05) is 20.1 Å². The Morgan fingerprint density at radius 1 is 1.48 bits per heavy atom. The molecular weight excluding hydrogens is 264 g/mol. The third-order valence-electron chi connectivity index (χ3n) is 4.41. The molecule has 1 aromatic heterocycles. The molecule has 0 spiro atoms. The van der Waals surface area contributed by atoms with Crippen LogP contribution >= 0.6 is 0 Å². The smallest absolute Gasteiger partial charge is 0.222 e. The largest absolute Gasteiger partial charge is 0.341 e. The Hall–Kier alpha value is -1.36. The quantitative estimate of drug-likeness (QED) is 0.903. The number of carbonyl (C=O) groups excluding carboxylic acids is 1. The van der Waals surface area contributed by atoms with Crippen LogP contribution in [-0.4, -0.2) is 40.7 Å². The van der Waals surface area contributed by atoms with E-state index in [1.807, 2.05) is 23.6 Å². The lowest BCUT2D eigenvalue weighted by molar-refractivity contribution is -0.131. The van der Waals surface area contributed by atoms with Crippen LogP contribution in [0.25, 0.3) is 0 Å². The number of hydrogen-bond donors (Lipinski definition) is 1. The van der Waals surface area contributed by atoms with E-state index in [2.05, 4.69) is 31.2 Å². The summed E-state index contributed by atoms with van der Waals surface area (Å²) in [6, 6.07) is 0.350. The van der Waals surface area contributed by atoms with Gasteiger partial charge in [0.15, 0.2) is 0 Å². The van der Waals surface area contributed by atoms with Gasteiger partial charge in [0.2, 0.25) is 5.91 Å². The monoisotopic (exact) mass is 292 g/mol. The molecular formula is C16H28N4O. The van der Waals surface area contributed by atoms with Crippen molar-refractivity contribution >= 4 is 5.91 Å². The van der Waals surface area contributed by atoms with E-state index in [4.69, 9.17) is 0 Å². The molecule has 0 saturated carbocycles. The fourth-order valence-electron chi connectivity index (χ4n) is 3.05. The molecule has 0 radical (unpaired) electrons. The first-order valence-electron chi connectivity index (χ1n) is 7.89. The minimum Gasteiger partial charge on any atom is -0.341 e. The van der Waals surface area contributed by atoms with Gasteiger partial charge in [-0.05, 0) is 53.1 Å². The van der Waals surface area contributed by atoms with Crippen LogP contribution in [0.15, 0.2) is 0 Å². The second-order valence-electron chi connectivity index (χ2n) is 6.50. The predicted molar refractivity (Wildman–Crippen MR) is 84.2 cm³/mol. The summed E-state index contributed by atoms with van der Waals surface area (Å²) in [6.07, 6.45) is 1.77. The van der Waals surface area contributed by atoms with Crippen LogP contribution in [0, 0.1) is 19.8 Å². The molecule has 0 unspecified atom stereocenters. The number of rotatable bonds is 5. The van der Waals surface area contributed by atoms with Crippen LogP contribution in [0.3, 0.4) is 0 Å².